The molecule has 1 amide bonds. The Morgan fingerprint density at radius 3 is 2.76 bits per heavy atom. The molecular formula is C21H24Cl2N2O4. The zero-order chi connectivity index (χ0) is 20.2. The molecule has 0 radical (unpaired) electrons. The van der Waals surface area contributed by atoms with E-state index >= 15 is 0 Å². The van der Waals surface area contributed by atoms with Gasteiger partial charge in [-0.1, -0.05) is 23.7 Å². The Morgan fingerprint density at radius 2 is 2.03 bits per heavy atom. The Morgan fingerprint density at radius 1 is 1.21 bits per heavy atom. The molecular weight excluding hydrogens is 415 g/mol. The van der Waals surface area contributed by atoms with Gasteiger partial charge in [0.25, 0.3) is 0 Å². The monoisotopic (exact) mass is 438 g/mol. The van der Waals surface area contributed by atoms with Crippen molar-refractivity contribution < 1.29 is 18.7 Å². The molecule has 6 nitrogen and oxygen atoms in total. The van der Waals surface area contributed by atoms with E-state index in [0.717, 1.165) is 55.3 Å². The minimum Gasteiger partial charge on any atom is -0.492 e. The number of nitrogens with zero attached hydrogens (tertiary/aromatic N) is 2. The van der Waals surface area contributed by atoms with Crippen LogP contribution in [-0.2, 0) is 16.1 Å². The maximum atomic E-state index is 12.4. The van der Waals surface area contributed by atoms with Gasteiger partial charge in [0.1, 0.15) is 24.5 Å². The molecule has 1 atom stereocenters. The maximum absolute atomic E-state index is 12.4. The summed E-state index contributed by atoms with van der Waals surface area (Å²) in [4.78, 5) is 16.5. The minimum atomic E-state index is -0.106. The van der Waals surface area contributed by atoms with Crippen LogP contribution >= 0.6 is 23.2 Å². The Hall–Kier alpha value is -1.73. The second-order valence-corrected chi connectivity index (χ2v) is 7.94. The number of hydrogen-bond donors (Lipinski definition) is 0. The van der Waals surface area contributed by atoms with E-state index in [0.29, 0.717) is 24.7 Å². The van der Waals surface area contributed by atoms with Crippen LogP contribution in [0.15, 0.2) is 35.1 Å². The fraction of sp³-hybridized carbons (Fsp3) is 0.476. The van der Waals surface area contributed by atoms with Crippen LogP contribution in [0.25, 0.3) is 0 Å². The molecule has 156 valence electrons. The molecule has 2 aliphatic rings. The quantitative estimate of drug-likeness (QED) is 0.647. The summed E-state index contributed by atoms with van der Waals surface area (Å²) in [6, 6.07) is 6.02. The van der Waals surface area contributed by atoms with Crippen LogP contribution in [0, 0.1) is 0 Å². The third-order valence-corrected chi connectivity index (χ3v) is 6.09. The Labute approximate surface area is 180 Å². The zero-order valence-corrected chi connectivity index (χ0v) is 17.6. The van der Waals surface area contributed by atoms with Crippen molar-refractivity contribution in [1.82, 2.24) is 9.80 Å². The average molecular weight is 439 g/mol. The predicted octanol–water partition coefficient (Wildman–Crippen LogP) is 3.36. The van der Waals surface area contributed by atoms with Crippen LogP contribution in [0.3, 0.4) is 0 Å². The summed E-state index contributed by atoms with van der Waals surface area (Å²) in [5.74, 6) is 0.554. The number of hydrogen-bond acceptors (Lipinski definition) is 5. The summed E-state index contributed by atoms with van der Waals surface area (Å²) in [5.41, 5.74) is 2.97. The number of ether oxygens (including phenoxy) is 2. The van der Waals surface area contributed by atoms with Gasteiger partial charge in [-0.2, -0.15) is 0 Å². The number of halogens is 2. The molecule has 0 saturated carbocycles. The van der Waals surface area contributed by atoms with E-state index in [4.69, 9.17) is 37.1 Å². The summed E-state index contributed by atoms with van der Waals surface area (Å²) in [6.45, 7) is 5.79. The molecule has 2 aromatic rings. The number of amides is 1. The number of alkyl halides is 1. The lowest BCUT2D eigenvalue weighted by Crippen LogP contribution is -2.40. The van der Waals surface area contributed by atoms with Gasteiger partial charge in [-0.25, -0.2) is 0 Å². The standard InChI is InChI=1S/C21H24Cl2N2O4/c22-10-21(26)25-11-16(18-13-28-14-19(18)23)15-2-1-3-20(17(15)12-25)29-9-6-24-4-7-27-8-5-24/h1-3,13-14,16H,4-12H2/t16-/m1/s1. The van der Waals surface area contributed by atoms with Crippen molar-refractivity contribution in [2.24, 2.45) is 0 Å². The molecule has 0 aliphatic carbocycles. The first-order valence-corrected chi connectivity index (χ1v) is 10.7. The molecule has 8 heteroatoms. The molecule has 1 aromatic heterocycles. The number of carbonyl (C=O) groups excluding carboxylic acids is 1. The molecule has 0 bridgehead atoms. The van der Waals surface area contributed by atoms with Gasteiger partial charge in [0.15, 0.2) is 0 Å². The highest BCUT2D eigenvalue weighted by Crippen LogP contribution is 2.40. The highest BCUT2D eigenvalue weighted by Gasteiger charge is 2.32. The largest absolute Gasteiger partial charge is 0.492 e. The molecule has 3 heterocycles. The van der Waals surface area contributed by atoms with Gasteiger partial charge in [0.05, 0.1) is 24.5 Å². The van der Waals surface area contributed by atoms with Crippen LogP contribution in [-0.4, -0.2) is 67.6 Å². The van der Waals surface area contributed by atoms with E-state index in [2.05, 4.69) is 11.0 Å². The predicted molar refractivity (Wildman–Crippen MR) is 111 cm³/mol. The highest BCUT2D eigenvalue weighted by atomic mass is 35.5. The SMILES string of the molecule is O=C(CCl)N1Cc2c(OCCN3CCOCC3)cccc2[C@H](c2cocc2Cl)C1. The number of morpholine rings is 1. The molecule has 0 N–H and O–H groups in total. The second kappa shape index (κ2) is 9.39. The Balaban J connectivity index is 1.57. The maximum Gasteiger partial charge on any atom is 0.237 e. The summed E-state index contributed by atoms with van der Waals surface area (Å²) >= 11 is 12.2. The lowest BCUT2D eigenvalue weighted by atomic mass is 9.85. The number of rotatable bonds is 6. The molecule has 1 saturated heterocycles. The van der Waals surface area contributed by atoms with Crippen molar-refractivity contribution in [2.45, 2.75) is 12.5 Å². The first-order valence-electron chi connectivity index (χ1n) is 9.77. The lowest BCUT2D eigenvalue weighted by Gasteiger charge is -2.35. The lowest BCUT2D eigenvalue weighted by molar-refractivity contribution is -0.129. The van der Waals surface area contributed by atoms with E-state index in [1.807, 2.05) is 12.1 Å². The van der Waals surface area contributed by atoms with E-state index < -0.39 is 0 Å². The van der Waals surface area contributed by atoms with Crippen LogP contribution in [0.2, 0.25) is 5.02 Å². The number of fused-ring (bicyclic) bond motifs is 1. The third-order valence-electron chi connectivity index (χ3n) is 5.55. The Kier molecular flexibility index (Phi) is 6.65. The molecule has 1 aromatic carbocycles. The number of benzene rings is 1. The molecule has 0 unspecified atom stereocenters. The van der Waals surface area contributed by atoms with Crippen molar-refractivity contribution >= 4 is 29.1 Å². The summed E-state index contributed by atoms with van der Waals surface area (Å²) in [6.07, 6.45) is 3.17. The van der Waals surface area contributed by atoms with Gasteiger partial charge in [-0.15, -0.1) is 11.6 Å². The number of carbonyl (C=O) groups is 1. The smallest absolute Gasteiger partial charge is 0.237 e. The van der Waals surface area contributed by atoms with Gasteiger partial charge in [0.2, 0.25) is 5.91 Å². The van der Waals surface area contributed by atoms with Crippen LogP contribution in [0.1, 0.15) is 22.6 Å². The van der Waals surface area contributed by atoms with Gasteiger partial charge >= 0.3 is 0 Å². The van der Waals surface area contributed by atoms with Gasteiger partial charge in [-0.05, 0) is 11.6 Å². The van der Waals surface area contributed by atoms with Crippen molar-refractivity contribution in [3.05, 3.63) is 52.4 Å². The van der Waals surface area contributed by atoms with Crippen molar-refractivity contribution in [1.29, 1.82) is 0 Å². The van der Waals surface area contributed by atoms with E-state index in [9.17, 15) is 4.79 Å². The zero-order valence-electron chi connectivity index (χ0n) is 16.1. The first kappa shape index (κ1) is 20.5. The van der Waals surface area contributed by atoms with Gasteiger partial charge in [0, 0.05) is 49.8 Å². The first-order chi connectivity index (χ1) is 14.2. The Bertz CT molecular complexity index is 851. The van der Waals surface area contributed by atoms with Gasteiger partial charge < -0.3 is 18.8 Å². The fourth-order valence-corrected chi connectivity index (χ4v) is 4.37. The molecule has 1 fully saturated rings. The summed E-state index contributed by atoms with van der Waals surface area (Å²) < 4.78 is 16.8. The fourth-order valence-electron chi connectivity index (χ4n) is 3.98. The molecule has 0 spiro atoms. The average Bonchev–Trinajstić information content (AvgIpc) is 3.19. The van der Waals surface area contributed by atoms with Crippen LogP contribution < -0.4 is 4.74 Å². The molecule has 2 aliphatic heterocycles. The van der Waals surface area contributed by atoms with E-state index in [1.165, 1.54) is 6.26 Å². The van der Waals surface area contributed by atoms with E-state index in [1.54, 1.807) is 11.2 Å². The van der Waals surface area contributed by atoms with Crippen molar-refractivity contribution in [3.8, 4) is 5.75 Å². The third kappa shape index (κ3) is 4.56. The number of furan rings is 1. The minimum absolute atomic E-state index is 0.0543. The van der Waals surface area contributed by atoms with Crippen molar-refractivity contribution in [3.63, 3.8) is 0 Å². The van der Waals surface area contributed by atoms with Crippen LogP contribution in [0.5, 0.6) is 5.75 Å². The normalized spacial score (nSPS) is 19.8. The van der Waals surface area contributed by atoms with Crippen molar-refractivity contribution in [2.75, 3.05) is 51.9 Å². The highest BCUT2D eigenvalue weighted by molar-refractivity contribution is 6.31. The second-order valence-electron chi connectivity index (χ2n) is 7.26. The summed E-state index contributed by atoms with van der Waals surface area (Å²) in [7, 11) is 0. The summed E-state index contributed by atoms with van der Waals surface area (Å²) in [5, 5.41) is 0.555. The van der Waals surface area contributed by atoms with Gasteiger partial charge in [-0.3, -0.25) is 9.69 Å². The van der Waals surface area contributed by atoms with E-state index in [-0.39, 0.29) is 17.7 Å². The van der Waals surface area contributed by atoms with Crippen LogP contribution in [0.4, 0.5) is 0 Å². The molecule has 29 heavy (non-hydrogen) atoms. The topological polar surface area (TPSA) is 55.2 Å². The molecule has 4 rings (SSSR count).